The quantitative estimate of drug-likeness (QED) is 0.695. The number of rotatable bonds is 2. The van der Waals surface area contributed by atoms with Crippen molar-refractivity contribution in [3.05, 3.63) is 38.2 Å². The number of hydrogen-bond acceptors (Lipinski definition) is 5. The second-order valence-corrected chi connectivity index (χ2v) is 8.00. The zero-order valence-electron chi connectivity index (χ0n) is 14.7. The molecular weight excluding hydrogens is 376 g/mol. The van der Waals surface area contributed by atoms with Crippen LogP contribution in [0.3, 0.4) is 0 Å². The molecule has 27 heavy (non-hydrogen) atoms. The number of pyridine rings is 1. The number of benzene rings is 1. The van der Waals surface area contributed by atoms with Crippen molar-refractivity contribution < 1.29 is 18.7 Å². The second-order valence-electron chi connectivity index (χ2n) is 6.94. The summed E-state index contributed by atoms with van der Waals surface area (Å²) in [6, 6.07) is 1.01. The highest BCUT2D eigenvalue weighted by Crippen LogP contribution is 2.32. The fraction of sp³-hybridized carbons (Fsp3) is 0.333. The van der Waals surface area contributed by atoms with Gasteiger partial charge in [0.05, 0.1) is 15.6 Å². The van der Waals surface area contributed by atoms with E-state index in [4.69, 9.17) is 0 Å². The summed E-state index contributed by atoms with van der Waals surface area (Å²) in [6.07, 6.45) is 0. The lowest BCUT2D eigenvalue weighted by molar-refractivity contribution is 0.0697. The zero-order valence-corrected chi connectivity index (χ0v) is 15.5. The highest BCUT2D eigenvalue weighted by Gasteiger charge is 2.30. The number of piperazine rings is 1. The van der Waals surface area contributed by atoms with E-state index in [1.54, 1.807) is 4.90 Å². The second kappa shape index (κ2) is 6.00. The Kier molecular flexibility index (Phi) is 3.97. The first-order valence-corrected chi connectivity index (χ1v) is 9.24. The van der Waals surface area contributed by atoms with Crippen molar-refractivity contribution in [2.75, 3.05) is 18.0 Å². The fourth-order valence-corrected chi connectivity index (χ4v) is 4.82. The van der Waals surface area contributed by atoms with Crippen LogP contribution in [0.4, 0.5) is 14.5 Å². The Morgan fingerprint density at radius 1 is 1.33 bits per heavy atom. The molecule has 6 nitrogen and oxygen atoms in total. The predicted octanol–water partition coefficient (Wildman–Crippen LogP) is 1.81. The minimum atomic E-state index is -1.43. The molecule has 2 atom stereocenters. The lowest BCUT2D eigenvalue weighted by Crippen LogP contribution is -2.54. The van der Waals surface area contributed by atoms with Gasteiger partial charge in [-0.25, -0.2) is 13.6 Å². The molecule has 0 bridgehead atoms. The van der Waals surface area contributed by atoms with Gasteiger partial charge in [-0.3, -0.25) is 9.20 Å². The van der Waals surface area contributed by atoms with Gasteiger partial charge >= 0.3 is 5.97 Å². The van der Waals surface area contributed by atoms with Gasteiger partial charge in [0.25, 0.3) is 0 Å². The van der Waals surface area contributed by atoms with Gasteiger partial charge in [-0.2, -0.15) is 0 Å². The number of nitrogens with zero attached hydrogens (tertiary/aromatic N) is 2. The van der Waals surface area contributed by atoms with Crippen molar-refractivity contribution >= 4 is 45.3 Å². The van der Waals surface area contributed by atoms with Gasteiger partial charge in [-0.15, -0.1) is 0 Å². The van der Waals surface area contributed by atoms with E-state index in [0.29, 0.717) is 17.8 Å². The first-order chi connectivity index (χ1) is 12.7. The molecule has 1 aliphatic heterocycles. The van der Waals surface area contributed by atoms with Crippen molar-refractivity contribution in [2.24, 2.45) is 0 Å². The van der Waals surface area contributed by atoms with Gasteiger partial charge in [-0.1, -0.05) is 17.9 Å². The number of carboxylic acid groups (broad SMARTS) is 1. The molecule has 9 heteroatoms. The Morgan fingerprint density at radius 3 is 2.52 bits per heavy atom. The maximum absolute atomic E-state index is 15.5. The number of aromatic carboxylic acids is 1. The molecule has 1 fully saturated rings. The van der Waals surface area contributed by atoms with E-state index in [2.05, 4.69) is 11.9 Å². The number of nitrogens with one attached hydrogen (secondary N) is 1. The van der Waals surface area contributed by atoms with Crippen LogP contribution in [0.25, 0.3) is 22.3 Å². The minimum Gasteiger partial charge on any atom is -0.477 e. The number of carbonyl (C=O) groups is 1. The highest BCUT2D eigenvalue weighted by molar-refractivity contribution is 7.17. The number of halogens is 2. The number of aromatic nitrogens is 1. The average molecular weight is 393 g/mol. The SMILES string of the molecule is C=c1sc2c(C(=O)O)c(=O)c3cc(F)c(N4CC(C)NC(C)C4)c(F)c3n12. The van der Waals surface area contributed by atoms with Crippen molar-refractivity contribution in [1.29, 1.82) is 0 Å². The third-order valence-electron chi connectivity index (χ3n) is 4.83. The summed E-state index contributed by atoms with van der Waals surface area (Å²) < 4.78 is 32.0. The summed E-state index contributed by atoms with van der Waals surface area (Å²) in [5, 5.41) is 12.3. The van der Waals surface area contributed by atoms with Crippen LogP contribution in [-0.4, -0.2) is 40.6 Å². The van der Waals surface area contributed by atoms with E-state index in [-0.39, 0.29) is 33.5 Å². The molecule has 2 aromatic heterocycles. The number of anilines is 1. The molecule has 2 N–H and O–H groups in total. The molecule has 0 radical (unpaired) electrons. The molecule has 142 valence electrons. The van der Waals surface area contributed by atoms with Crippen LogP contribution in [0.1, 0.15) is 24.2 Å². The first kappa shape index (κ1) is 17.9. The van der Waals surface area contributed by atoms with Crippen LogP contribution >= 0.6 is 11.3 Å². The van der Waals surface area contributed by atoms with E-state index in [0.717, 1.165) is 17.4 Å². The topological polar surface area (TPSA) is 74.0 Å². The Hall–Kier alpha value is -2.52. The molecule has 4 rings (SSSR count). The molecule has 1 aromatic carbocycles. The van der Waals surface area contributed by atoms with Gasteiger partial charge in [0.2, 0.25) is 5.43 Å². The lowest BCUT2D eigenvalue weighted by Gasteiger charge is -2.38. The number of fused-ring (bicyclic) bond motifs is 3. The third-order valence-corrected chi connectivity index (χ3v) is 5.83. The molecule has 0 amide bonds. The smallest absolute Gasteiger partial charge is 0.342 e. The predicted molar refractivity (Wildman–Crippen MR) is 101 cm³/mol. The summed E-state index contributed by atoms with van der Waals surface area (Å²) in [7, 11) is 0. The Morgan fingerprint density at radius 2 is 1.96 bits per heavy atom. The Bertz CT molecular complexity index is 1190. The highest BCUT2D eigenvalue weighted by atomic mass is 32.1. The van der Waals surface area contributed by atoms with E-state index in [9.17, 15) is 19.1 Å². The summed E-state index contributed by atoms with van der Waals surface area (Å²) >= 11 is 0.997. The standard InChI is InChI=1S/C18H17F2N3O3S/c1-7-5-22(6-8(2)21-7)15-11(19)4-10-14(13(15)20)23-9(3)27-17(23)12(16(10)24)18(25)26/h4,7-8,21H,3,5-6H2,1-2H3,(H,25,26). The minimum absolute atomic E-state index is 0.0359. The van der Waals surface area contributed by atoms with E-state index >= 15 is 4.39 Å². The van der Waals surface area contributed by atoms with Crippen molar-refractivity contribution in [1.82, 2.24) is 9.72 Å². The summed E-state index contributed by atoms with van der Waals surface area (Å²) in [5.74, 6) is -3.18. The zero-order chi connectivity index (χ0) is 19.6. The summed E-state index contributed by atoms with van der Waals surface area (Å²) in [6.45, 7) is 8.42. The Balaban J connectivity index is 2.07. The van der Waals surface area contributed by atoms with Crippen molar-refractivity contribution in [3.63, 3.8) is 0 Å². The third kappa shape index (κ3) is 2.53. The van der Waals surface area contributed by atoms with E-state index < -0.39 is 28.6 Å². The van der Waals surface area contributed by atoms with E-state index in [1.165, 1.54) is 4.40 Å². The lowest BCUT2D eigenvalue weighted by atomic mass is 10.1. The van der Waals surface area contributed by atoms with Crippen LogP contribution in [0.15, 0.2) is 10.9 Å². The molecule has 1 aliphatic rings. The fourth-order valence-electron chi connectivity index (χ4n) is 3.88. The summed E-state index contributed by atoms with van der Waals surface area (Å²) in [4.78, 5) is 25.8. The maximum Gasteiger partial charge on any atom is 0.342 e. The molecule has 0 aliphatic carbocycles. The molecule has 3 heterocycles. The van der Waals surface area contributed by atoms with Crippen molar-refractivity contribution in [3.8, 4) is 0 Å². The number of carboxylic acids is 1. The molecule has 1 saturated heterocycles. The van der Waals surface area contributed by atoms with Crippen LogP contribution in [0, 0.1) is 11.6 Å². The van der Waals surface area contributed by atoms with Crippen LogP contribution in [0.5, 0.6) is 0 Å². The summed E-state index contributed by atoms with van der Waals surface area (Å²) in [5.41, 5.74) is -1.71. The maximum atomic E-state index is 15.5. The number of hydrogen-bond donors (Lipinski definition) is 2. The van der Waals surface area contributed by atoms with Gasteiger partial charge in [0, 0.05) is 25.2 Å². The molecular formula is C18H17F2N3O3S. The molecule has 0 spiro atoms. The van der Waals surface area contributed by atoms with Gasteiger partial charge in [0.15, 0.2) is 5.82 Å². The largest absolute Gasteiger partial charge is 0.477 e. The van der Waals surface area contributed by atoms with E-state index in [1.807, 2.05) is 13.8 Å². The molecule has 0 saturated carbocycles. The molecule has 2 unspecified atom stereocenters. The normalized spacial score (nSPS) is 20.7. The van der Waals surface area contributed by atoms with Crippen LogP contribution < -0.4 is 20.3 Å². The molecule has 3 aromatic rings. The first-order valence-electron chi connectivity index (χ1n) is 8.42. The van der Waals surface area contributed by atoms with Gasteiger partial charge < -0.3 is 15.3 Å². The Labute approximate surface area is 156 Å². The van der Waals surface area contributed by atoms with Gasteiger partial charge in [-0.05, 0) is 19.9 Å². The van der Waals surface area contributed by atoms with Crippen LogP contribution in [-0.2, 0) is 0 Å². The van der Waals surface area contributed by atoms with Gasteiger partial charge in [0.1, 0.15) is 21.9 Å². The monoisotopic (exact) mass is 393 g/mol. The van der Waals surface area contributed by atoms with Crippen molar-refractivity contribution in [2.45, 2.75) is 25.9 Å². The average Bonchev–Trinajstić information content (AvgIpc) is 2.54. The van der Waals surface area contributed by atoms with Crippen LogP contribution in [0.2, 0.25) is 0 Å².